The van der Waals surface area contributed by atoms with Gasteiger partial charge in [-0.3, -0.25) is 2.78 Å². The van der Waals surface area contributed by atoms with E-state index in [1.165, 1.54) is 11.4 Å². The summed E-state index contributed by atoms with van der Waals surface area (Å²) in [7, 11) is 2.05. The second-order valence-electron chi connectivity index (χ2n) is 2.71. The molecule has 0 spiro atoms. The van der Waals surface area contributed by atoms with Gasteiger partial charge >= 0.3 is 0 Å². The molecule has 0 aromatic carbocycles. The molecule has 0 aliphatic rings. The SMILES string of the molecule is Cn1cccc1-c1cccn1I. The van der Waals surface area contributed by atoms with E-state index in [0.29, 0.717) is 0 Å². The van der Waals surface area contributed by atoms with Gasteiger partial charge in [0, 0.05) is 19.4 Å². The van der Waals surface area contributed by atoms with Crippen LogP contribution in [-0.4, -0.2) is 7.35 Å². The van der Waals surface area contributed by atoms with E-state index >= 15 is 0 Å². The molecule has 0 atom stereocenters. The second-order valence-corrected chi connectivity index (χ2v) is 3.75. The van der Waals surface area contributed by atoms with Crippen molar-refractivity contribution in [3.63, 3.8) is 0 Å². The molecule has 2 aromatic rings. The number of aromatic nitrogens is 2. The summed E-state index contributed by atoms with van der Waals surface area (Å²) in [6.07, 6.45) is 4.10. The van der Waals surface area contributed by atoms with Crippen LogP contribution in [0.5, 0.6) is 0 Å². The zero-order valence-corrected chi connectivity index (χ0v) is 8.89. The molecule has 62 valence electrons. The van der Waals surface area contributed by atoms with Crippen molar-refractivity contribution in [2.75, 3.05) is 0 Å². The average Bonchev–Trinajstić information content (AvgIpc) is 2.59. The Morgan fingerprint density at radius 1 is 1.08 bits per heavy atom. The predicted molar refractivity (Wildman–Crippen MR) is 58.3 cm³/mol. The molecule has 2 aromatic heterocycles. The van der Waals surface area contributed by atoms with E-state index < -0.39 is 0 Å². The fourth-order valence-electron chi connectivity index (χ4n) is 1.28. The summed E-state index contributed by atoms with van der Waals surface area (Å²) in [5, 5.41) is 0. The molecule has 0 radical (unpaired) electrons. The Morgan fingerprint density at radius 2 is 1.75 bits per heavy atom. The van der Waals surface area contributed by atoms with E-state index in [9.17, 15) is 0 Å². The molecule has 0 fully saturated rings. The lowest BCUT2D eigenvalue weighted by molar-refractivity contribution is 0.931. The van der Waals surface area contributed by atoms with Crippen molar-refractivity contribution in [3.8, 4) is 11.4 Å². The zero-order chi connectivity index (χ0) is 8.55. The predicted octanol–water partition coefficient (Wildman–Crippen LogP) is 2.69. The number of hydrogen-bond donors (Lipinski definition) is 0. The highest BCUT2D eigenvalue weighted by Gasteiger charge is 2.03. The molecule has 0 saturated carbocycles. The van der Waals surface area contributed by atoms with Crippen LogP contribution in [0.2, 0.25) is 0 Å². The Hall–Kier alpha value is -0.710. The number of rotatable bonds is 1. The molecular formula is C9H9IN2. The van der Waals surface area contributed by atoms with E-state index in [2.05, 4.69) is 67.7 Å². The summed E-state index contributed by atoms with van der Waals surface area (Å²) >= 11 is 2.28. The van der Waals surface area contributed by atoms with Crippen molar-refractivity contribution in [3.05, 3.63) is 36.7 Å². The molecule has 2 nitrogen and oxygen atoms in total. The molecule has 3 heteroatoms. The van der Waals surface area contributed by atoms with Crippen molar-refractivity contribution < 1.29 is 0 Å². The minimum atomic E-state index is 1.24. The molecule has 0 amide bonds. The highest BCUT2D eigenvalue weighted by molar-refractivity contribution is 14.1. The van der Waals surface area contributed by atoms with Gasteiger partial charge in [-0.25, -0.2) is 0 Å². The van der Waals surface area contributed by atoms with Crippen molar-refractivity contribution in [2.45, 2.75) is 0 Å². The van der Waals surface area contributed by atoms with E-state index in [0.717, 1.165) is 0 Å². The Kier molecular flexibility index (Phi) is 1.96. The first-order valence-electron chi connectivity index (χ1n) is 3.74. The molecule has 2 rings (SSSR count). The number of halogens is 1. The monoisotopic (exact) mass is 272 g/mol. The summed E-state index contributed by atoms with van der Waals surface area (Å²) in [5.74, 6) is 0. The fourth-order valence-corrected chi connectivity index (χ4v) is 1.88. The van der Waals surface area contributed by atoms with E-state index in [1.807, 2.05) is 6.20 Å². The molecular weight excluding hydrogens is 263 g/mol. The summed E-state index contributed by atoms with van der Waals surface area (Å²) in [6.45, 7) is 0. The maximum Gasteiger partial charge on any atom is 0.0741 e. The van der Waals surface area contributed by atoms with Crippen LogP contribution >= 0.6 is 22.9 Å². The second kappa shape index (κ2) is 2.97. The number of aryl methyl sites for hydroxylation is 1. The van der Waals surface area contributed by atoms with E-state index in [4.69, 9.17) is 0 Å². The third-order valence-electron chi connectivity index (χ3n) is 1.91. The highest BCUT2D eigenvalue weighted by Crippen LogP contribution is 2.21. The van der Waals surface area contributed by atoms with Crippen molar-refractivity contribution in [2.24, 2.45) is 7.05 Å². The quantitative estimate of drug-likeness (QED) is 0.706. The first-order valence-corrected chi connectivity index (χ1v) is 4.71. The molecule has 12 heavy (non-hydrogen) atoms. The van der Waals surface area contributed by atoms with Gasteiger partial charge in [0.05, 0.1) is 34.3 Å². The van der Waals surface area contributed by atoms with E-state index in [1.54, 1.807) is 0 Å². The standard InChI is InChI=1S/C9H9IN2/c1-11-6-2-4-8(11)9-5-3-7-12(9)10/h2-7H,1H3. The lowest BCUT2D eigenvalue weighted by Gasteiger charge is -2.02. The minimum absolute atomic E-state index is 1.24. The van der Waals surface area contributed by atoms with Crippen molar-refractivity contribution >= 4 is 22.9 Å². The van der Waals surface area contributed by atoms with Gasteiger partial charge in [-0.1, -0.05) is 0 Å². The Morgan fingerprint density at radius 3 is 2.25 bits per heavy atom. The molecule has 2 heterocycles. The summed E-state index contributed by atoms with van der Waals surface area (Å²) in [4.78, 5) is 0. The van der Waals surface area contributed by atoms with Gasteiger partial charge in [0.25, 0.3) is 0 Å². The third kappa shape index (κ3) is 1.18. The van der Waals surface area contributed by atoms with Crippen molar-refractivity contribution in [1.29, 1.82) is 0 Å². The minimum Gasteiger partial charge on any atom is -0.349 e. The van der Waals surface area contributed by atoms with Gasteiger partial charge in [0.2, 0.25) is 0 Å². The number of hydrogen-bond acceptors (Lipinski definition) is 0. The summed E-state index contributed by atoms with van der Waals surface area (Å²) < 4.78 is 4.21. The maximum atomic E-state index is 2.28. The molecule has 0 N–H and O–H groups in total. The van der Waals surface area contributed by atoms with Crippen LogP contribution in [0.1, 0.15) is 0 Å². The zero-order valence-electron chi connectivity index (χ0n) is 6.74. The fraction of sp³-hybridized carbons (Fsp3) is 0.111. The summed E-state index contributed by atoms with van der Waals surface area (Å²) in [5.41, 5.74) is 2.48. The third-order valence-corrected chi connectivity index (χ3v) is 2.75. The topological polar surface area (TPSA) is 9.86 Å². The average molecular weight is 272 g/mol. The lowest BCUT2D eigenvalue weighted by Crippen LogP contribution is -1.91. The van der Waals surface area contributed by atoms with Gasteiger partial charge in [-0.2, -0.15) is 0 Å². The van der Waals surface area contributed by atoms with Crippen molar-refractivity contribution in [1.82, 2.24) is 7.35 Å². The Balaban J connectivity index is 2.57. The van der Waals surface area contributed by atoms with Crippen LogP contribution in [0.3, 0.4) is 0 Å². The van der Waals surface area contributed by atoms with Crippen LogP contribution in [-0.2, 0) is 7.05 Å². The van der Waals surface area contributed by atoms with Crippen LogP contribution < -0.4 is 0 Å². The maximum absolute atomic E-state index is 2.28. The van der Waals surface area contributed by atoms with Crippen LogP contribution in [0.15, 0.2) is 36.7 Å². The van der Waals surface area contributed by atoms with Gasteiger partial charge in [-0.05, 0) is 24.3 Å². The molecule has 0 bridgehead atoms. The number of nitrogens with zero attached hydrogens (tertiary/aromatic N) is 2. The molecule has 0 unspecified atom stereocenters. The van der Waals surface area contributed by atoms with Gasteiger partial charge < -0.3 is 4.57 Å². The first-order chi connectivity index (χ1) is 5.79. The van der Waals surface area contributed by atoms with Crippen LogP contribution in [0.4, 0.5) is 0 Å². The Bertz CT molecular complexity index is 348. The first kappa shape index (κ1) is 7.91. The molecule has 0 aliphatic carbocycles. The Labute approximate surface area is 85.3 Å². The smallest absolute Gasteiger partial charge is 0.0741 e. The van der Waals surface area contributed by atoms with E-state index in [-0.39, 0.29) is 0 Å². The van der Waals surface area contributed by atoms with Crippen LogP contribution in [0.25, 0.3) is 11.4 Å². The molecule has 0 saturated heterocycles. The highest BCUT2D eigenvalue weighted by atomic mass is 127. The normalized spacial score (nSPS) is 10.5. The molecule has 0 aliphatic heterocycles. The van der Waals surface area contributed by atoms with Gasteiger partial charge in [0.1, 0.15) is 0 Å². The van der Waals surface area contributed by atoms with Gasteiger partial charge in [-0.15, -0.1) is 0 Å². The van der Waals surface area contributed by atoms with Gasteiger partial charge in [0.15, 0.2) is 0 Å². The largest absolute Gasteiger partial charge is 0.349 e. The summed E-state index contributed by atoms with van der Waals surface area (Å²) in [6, 6.07) is 8.33. The van der Waals surface area contributed by atoms with Crippen LogP contribution in [0, 0.1) is 0 Å². The lowest BCUT2D eigenvalue weighted by atomic mass is 10.3.